The summed E-state index contributed by atoms with van der Waals surface area (Å²) in [5.74, 6) is 0. The second-order valence-corrected chi connectivity index (χ2v) is 7.56. The molecule has 0 bridgehead atoms. The van der Waals surface area contributed by atoms with Gasteiger partial charge < -0.3 is 4.74 Å². The van der Waals surface area contributed by atoms with Crippen molar-refractivity contribution in [3.63, 3.8) is 0 Å². The van der Waals surface area contributed by atoms with Crippen LogP contribution in [0.15, 0.2) is 47.9 Å². The number of alkyl halides is 3. The molecule has 1 fully saturated rings. The lowest BCUT2D eigenvalue weighted by atomic mass is 10.1. The fraction of sp³-hybridized carbons (Fsp3) is 0.286. The lowest BCUT2D eigenvalue weighted by Crippen LogP contribution is -2.25. The maximum Gasteiger partial charge on any atom is 0.417 e. The smallest absolute Gasteiger partial charge is 0.379 e. The first-order valence-corrected chi connectivity index (χ1v) is 9.83. The summed E-state index contributed by atoms with van der Waals surface area (Å²) in [5.41, 5.74) is 0.757. The molecule has 4 aromatic heterocycles. The van der Waals surface area contributed by atoms with Crippen LogP contribution in [0.2, 0.25) is 0 Å². The van der Waals surface area contributed by atoms with Crippen molar-refractivity contribution >= 4 is 10.9 Å². The molecule has 0 amide bonds. The SMILES string of the molecule is Cn1cc(-c2nc(-c3ccc(C(F)(F)F)cn3)cc3c(=O)n(C4CCOC4)cnc23)cn1. The van der Waals surface area contributed by atoms with Crippen LogP contribution in [0.3, 0.4) is 0 Å². The highest BCUT2D eigenvalue weighted by Crippen LogP contribution is 2.31. The molecule has 32 heavy (non-hydrogen) atoms. The van der Waals surface area contributed by atoms with E-state index < -0.39 is 11.7 Å². The Bertz CT molecular complexity index is 1350. The second-order valence-electron chi connectivity index (χ2n) is 7.56. The van der Waals surface area contributed by atoms with Crippen molar-refractivity contribution in [3.8, 4) is 22.6 Å². The van der Waals surface area contributed by atoms with E-state index >= 15 is 0 Å². The Kier molecular flexibility index (Phi) is 4.77. The average Bonchev–Trinajstić information content (AvgIpc) is 3.45. The molecule has 11 heteroatoms. The molecule has 1 saturated heterocycles. The van der Waals surface area contributed by atoms with Gasteiger partial charge in [-0.1, -0.05) is 0 Å². The van der Waals surface area contributed by atoms with Crippen LogP contribution < -0.4 is 5.56 Å². The summed E-state index contributed by atoms with van der Waals surface area (Å²) in [4.78, 5) is 26.3. The molecule has 1 unspecified atom stereocenters. The molecule has 0 spiro atoms. The summed E-state index contributed by atoms with van der Waals surface area (Å²) < 4.78 is 47.3. The quantitative estimate of drug-likeness (QED) is 0.484. The average molecular weight is 442 g/mol. The van der Waals surface area contributed by atoms with Crippen molar-refractivity contribution in [1.82, 2.24) is 29.3 Å². The van der Waals surface area contributed by atoms with E-state index in [9.17, 15) is 18.0 Å². The van der Waals surface area contributed by atoms with Crippen LogP contribution in [-0.4, -0.2) is 42.5 Å². The molecule has 1 atom stereocenters. The second kappa shape index (κ2) is 7.52. The van der Waals surface area contributed by atoms with Crippen LogP contribution in [-0.2, 0) is 18.0 Å². The molecule has 0 radical (unpaired) electrons. The first-order chi connectivity index (χ1) is 15.3. The lowest BCUT2D eigenvalue weighted by molar-refractivity contribution is -0.137. The van der Waals surface area contributed by atoms with Crippen molar-refractivity contribution < 1.29 is 17.9 Å². The lowest BCUT2D eigenvalue weighted by Gasteiger charge is -2.14. The largest absolute Gasteiger partial charge is 0.417 e. The van der Waals surface area contributed by atoms with Crippen LogP contribution in [0.1, 0.15) is 18.0 Å². The van der Waals surface area contributed by atoms with Gasteiger partial charge in [0.25, 0.3) is 5.56 Å². The summed E-state index contributed by atoms with van der Waals surface area (Å²) in [5, 5.41) is 4.45. The Balaban J connectivity index is 1.72. The number of ether oxygens (including phenoxy) is 1. The maximum atomic E-state index is 13.3. The summed E-state index contributed by atoms with van der Waals surface area (Å²) >= 11 is 0. The molecule has 164 valence electrons. The Morgan fingerprint density at radius 2 is 2.00 bits per heavy atom. The molecule has 0 aliphatic carbocycles. The summed E-state index contributed by atoms with van der Waals surface area (Å²) in [6.45, 7) is 0.980. The topological polar surface area (TPSA) is 87.7 Å². The molecule has 5 heterocycles. The molecule has 4 aromatic rings. The number of aryl methyl sites for hydroxylation is 1. The highest BCUT2D eigenvalue weighted by atomic mass is 19.4. The molecule has 0 N–H and O–H groups in total. The van der Waals surface area contributed by atoms with Crippen LogP contribution in [0, 0.1) is 0 Å². The van der Waals surface area contributed by atoms with Gasteiger partial charge in [-0.2, -0.15) is 18.3 Å². The van der Waals surface area contributed by atoms with E-state index in [1.807, 2.05) is 0 Å². The Labute approximate surface area is 179 Å². The number of halogens is 3. The Morgan fingerprint density at radius 1 is 1.16 bits per heavy atom. The van der Waals surface area contributed by atoms with Gasteiger partial charge in [0.15, 0.2) is 0 Å². The van der Waals surface area contributed by atoms with Gasteiger partial charge in [-0.3, -0.25) is 19.0 Å². The van der Waals surface area contributed by atoms with Gasteiger partial charge in [-0.05, 0) is 24.6 Å². The number of pyridine rings is 2. The standard InChI is InChI=1S/C21H17F3N6O2/c1-29-9-12(7-27-29)18-19-15(20(31)30(11-26-19)14-4-5-32-10-14)6-17(28-18)16-3-2-13(8-25-16)21(22,23)24/h2-3,6-9,11,14H,4-5,10H2,1H3. The van der Waals surface area contributed by atoms with Crippen LogP contribution in [0.5, 0.6) is 0 Å². The molecule has 0 saturated carbocycles. The van der Waals surface area contributed by atoms with Crippen LogP contribution in [0.4, 0.5) is 13.2 Å². The van der Waals surface area contributed by atoms with E-state index in [-0.39, 0.29) is 23.0 Å². The van der Waals surface area contributed by atoms with Crippen molar-refractivity contribution in [3.05, 3.63) is 59.0 Å². The minimum absolute atomic E-state index is 0.123. The van der Waals surface area contributed by atoms with E-state index in [4.69, 9.17) is 4.74 Å². The zero-order chi connectivity index (χ0) is 22.5. The van der Waals surface area contributed by atoms with Crippen molar-refractivity contribution in [1.29, 1.82) is 0 Å². The van der Waals surface area contributed by atoms with Gasteiger partial charge in [0.1, 0.15) is 11.2 Å². The molecule has 1 aliphatic rings. The molecular weight excluding hydrogens is 425 g/mol. The van der Waals surface area contributed by atoms with E-state index in [1.165, 1.54) is 23.0 Å². The first kappa shape index (κ1) is 20.3. The predicted octanol–water partition coefficient (Wildman–Crippen LogP) is 3.23. The normalized spacial score (nSPS) is 16.7. The third kappa shape index (κ3) is 3.54. The number of nitrogens with zero attached hydrogens (tertiary/aromatic N) is 6. The van der Waals surface area contributed by atoms with Crippen LogP contribution in [0.25, 0.3) is 33.5 Å². The van der Waals surface area contributed by atoms with Gasteiger partial charge in [0, 0.05) is 31.6 Å². The molecule has 0 aromatic carbocycles. The van der Waals surface area contributed by atoms with Crippen molar-refractivity contribution in [2.24, 2.45) is 7.05 Å². The third-order valence-electron chi connectivity index (χ3n) is 5.40. The van der Waals surface area contributed by atoms with Gasteiger partial charge in [0.05, 0.1) is 47.5 Å². The molecular formula is C21H17F3N6O2. The van der Waals surface area contributed by atoms with Gasteiger partial charge >= 0.3 is 6.18 Å². The van der Waals surface area contributed by atoms with E-state index in [1.54, 1.807) is 24.1 Å². The van der Waals surface area contributed by atoms with E-state index in [0.29, 0.717) is 41.8 Å². The van der Waals surface area contributed by atoms with E-state index in [2.05, 4.69) is 20.1 Å². The predicted molar refractivity (Wildman–Crippen MR) is 109 cm³/mol. The van der Waals surface area contributed by atoms with Gasteiger partial charge in [0.2, 0.25) is 0 Å². The maximum absolute atomic E-state index is 13.3. The fourth-order valence-electron chi connectivity index (χ4n) is 3.73. The zero-order valence-electron chi connectivity index (χ0n) is 16.9. The molecule has 5 rings (SSSR count). The Morgan fingerprint density at radius 3 is 2.62 bits per heavy atom. The first-order valence-electron chi connectivity index (χ1n) is 9.83. The number of hydrogen-bond donors (Lipinski definition) is 0. The zero-order valence-corrected chi connectivity index (χ0v) is 16.9. The summed E-state index contributed by atoms with van der Waals surface area (Å²) in [6, 6.07) is 3.58. The van der Waals surface area contributed by atoms with Gasteiger partial charge in [-0.25, -0.2) is 9.97 Å². The minimum atomic E-state index is -4.50. The van der Waals surface area contributed by atoms with Crippen molar-refractivity contribution in [2.45, 2.75) is 18.6 Å². The molecule has 1 aliphatic heterocycles. The number of fused-ring (bicyclic) bond motifs is 1. The number of aromatic nitrogens is 6. The number of hydrogen-bond acceptors (Lipinski definition) is 6. The van der Waals surface area contributed by atoms with Gasteiger partial charge in [-0.15, -0.1) is 0 Å². The summed E-state index contributed by atoms with van der Waals surface area (Å²) in [7, 11) is 1.74. The minimum Gasteiger partial charge on any atom is -0.379 e. The third-order valence-corrected chi connectivity index (χ3v) is 5.40. The summed E-state index contributed by atoms with van der Waals surface area (Å²) in [6.07, 6.45) is 1.75. The van der Waals surface area contributed by atoms with Crippen LogP contribution >= 0.6 is 0 Å². The Hall–Kier alpha value is -3.60. The highest BCUT2D eigenvalue weighted by molar-refractivity contribution is 5.93. The molecule has 8 nitrogen and oxygen atoms in total. The van der Waals surface area contributed by atoms with E-state index in [0.717, 1.165) is 12.3 Å². The van der Waals surface area contributed by atoms with Crippen molar-refractivity contribution in [2.75, 3.05) is 13.2 Å². The highest BCUT2D eigenvalue weighted by Gasteiger charge is 2.31. The fourth-order valence-corrected chi connectivity index (χ4v) is 3.73. The number of rotatable bonds is 3. The monoisotopic (exact) mass is 442 g/mol.